The predicted octanol–water partition coefficient (Wildman–Crippen LogP) is 3.30. The van der Waals surface area contributed by atoms with Gasteiger partial charge in [-0.15, -0.1) is 0 Å². The fraction of sp³-hybridized carbons (Fsp3) is 0.500. The molecule has 0 aliphatic carbocycles. The average Bonchev–Trinajstić information content (AvgIpc) is 2.31. The summed E-state index contributed by atoms with van der Waals surface area (Å²) in [6, 6.07) is 5.61. The van der Waals surface area contributed by atoms with Crippen molar-refractivity contribution >= 4 is 21.8 Å². The van der Waals surface area contributed by atoms with Crippen molar-refractivity contribution in [3.8, 4) is 0 Å². The Bertz CT molecular complexity index is 405. The maximum atomic E-state index is 11.8. The van der Waals surface area contributed by atoms with Crippen LogP contribution in [0.15, 0.2) is 22.7 Å². The first-order valence-corrected chi connectivity index (χ1v) is 6.96. The molecule has 3 nitrogen and oxygen atoms in total. The first-order chi connectivity index (χ1) is 8.50. The van der Waals surface area contributed by atoms with Crippen LogP contribution in [0.4, 0.5) is 0 Å². The highest BCUT2D eigenvalue weighted by Gasteiger charge is 2.06. The van der Waals surface area contributed by atoms with E-state index in [1.807, 2.05) is 39.0 Å². The highest BCUT2D eigenvalue weighted by Crippen LogP contribution is 2.17. The molecule has 0 aliphatic rings. The van der Waals surface area contributed by atoms with E-state index in [2.05, 4.69) is 21.2 Å². The van der Waals surface area contributed by atoms with Gasteiger partial charge < -0.3 is 10.1 Å². The Kier molecular flexibility index (Phi) is 6.36. The molecule has 1 amide bonds. The third kappa shape index (κ3) is 5.19. The fourth-order valence-electron chi connectivity index (χ4n) is 1.43. The molecule has 18 heavy (non-hydrogen) atoms. The summed E-state index contributed by atoms with van der Waals surface area (Å²) in [5, 5.41) is 2.88. The SMILES string of the molecule is Cc1ccc(C(=O)NCCCOC(C)C)cc1Br. The third-order valence-electron chi connectivity index (χ3n) is 2.49. The van der Waals surface area contributed by atoms with Gasteiger partial charge in [-0.25, -0.2) is 0 Å². The Morgan fingerprint density at radius 3 is 2.78 bits per heavy atom. The molecule has 100 valence electrons. The Morgan fingerprint density at radius 2 is 2.17 bits per heavy atom. The van der Waals surface area contributed by atoms with E-state index in [9.17, 15) is 4.79 Å². The van der Waals surface area contributed by atoms with Crippen molar-refractivity contribution in [2.24, 2.45) is 0 Å². The van der Waals surface area contributed by atoms with Crippen LogP contribution >= 0.6 is 15.9 Å². The zero-order valence-electron chi connectivity index (χ0n) is 11.1. The molecule has 0 saturated heterocycles. The van der Waals surface area contributed by atoms with Crippen molar-refractivity contribution < 1.29 is 9.53 Å². The molecule has 0 fully saturated rings. The molecule has 0 radical (unpaired) electrons. The number of rotatable bonds is 6. The van der Waals surface area contributed by atoms with E-state index in [4.69, 9.17) is 4.74 Å². The van der Waals surface area contributed by atoms with Crippen molar-refractivity contribution in [3.63, 3.8) is 0 Å². The highest BCUT2D eigenvalue weighted by molar-refractivity contribution is 9.10. The number of amides is 1. The van der Waals surface area contributed by atoms with E-state index in [1.54, 1.807) is 0 Å². The molecule has 0 saturated carbocycles. The van der Waals surface area contributed by atoms with E-state index in [0.29, 0.717) is 18.7 Å². The molecular formula is C14H20BrNO2. The molecule has 0 unspecified atom stereocenters. The van der Waals surface area contributed by atoms with Crippen LogP contribution in [-0.2, 0) is 4.74 Å². The molecule has 1 N–H and O–H groups in total. The van der Waals surface area contributed by atoms with Crippen molar-refractivity contribution in [3.05, 3.63) is 33.8 Å². The van der Waals surface area contributed by atoms with Gasteiger partial charge in [-0.1, -0.05) is 22.0 Å². The number of hydrogen-bond acceptors (Lipinski definition) is 2. The third-order valence-corrected chi connectivity index (χ3v) is 3.35. The second kappa shape index (κ2) is 7.54. The normalized spacial score (nSPS) is 10.7. The van der Waals surface area contributed by atoms with Gasteiger partial charge in [0.25, 0.3) is 5.91 Å². The second-order valence-corrected chi connectivity index (χ2v) is 5.35. The number of carbonyl (C=O) groups excluding carboxylic acids is 1. The second-order valence-electron chi connectivity index (χ2n) is 4.49. The Balaban J connectivity index is 2.34. The summed E-state index contributed by atoms with van der Waals surface area (Å²) in [6.07, 6.45) is 1.07. The lowest BCUT2D eigenvalue weighted by molar-refractivity contribution is 0.0757. The number of benzene rings is 1. The Hall–Kier alpha value is -0.870. The first kappa shape index (κ1) is 15.2. The monoisotopic (exact) mass is 313 g/mol. The molecule has 0 bridgehead atoms. The number of aryl methyl sites for hydroxylation is 1. The molecule has 0 spiro atoms. The molecule has 1 aromatic rings. The van der Waals surface area contributed by atoms with Crippen LogP contribution in [0.5, 0.6) is 0 Å². The molecule has 0 heterocycles. The average molecular weight is 314 g/mol. The van der Waals surface area contributed by atoms with Gasteiger partial charge in [0, 0.05) is 23.2 Å². The van der Waals surface area contributed by atoms with E-state index in [0.717, 1.165) is 16.5 Å². The lowest BCUT2D eigenvalue weighted by Crippen LogP contribution is -2.25. The van der Waals surface area contributed by atoms with Gasteiger partial charge in [0.1, 0.15) is 0 Å². The molecular weight excluding hydrogens is 294 g/mol. The number of ether oxygens (including phenoxy) is 1. The predicted molar refractivity (Wildman–Crippen MR) is 76.9 cm³/mol. The lowest BCUT2D eigenvalue weighted by Gasteiger charge is -2.09. The van der Waals surface area contributed by atoms with E-state index < -0.39 is 0 Å². The van der Waals surface area contributed by atoms with Crippen molar-refractivity contribution in [1.82, 2.24) is 5.32 Å². The van der Waals surface area contributed by atoms with Gasteiger partial charge in [-0.05, 0) is 44.9 Å². The first-order valence-electron chi connectivity index (χ1n) is 6.16. The van der Waals surface area contributed by atoms with Gasteiger partial charge in [0.2, 0.25) is 0 Å². The maximum Gasteiger partial charge on any atom is 0.251 e. The van der Waals surface area contributed by atoms with E-state index >= 15 is 0 Å². The molecule has 0 aromatic heterocycles. The van der Waals surface area contributed by atoms with Crippen LogP contribution in [0.25, 0.3) is 0 Å². The van der Waals surface area contributed by atoms with Crippen LogP contribution < -0.4 is 5.32 Å². The Morgan fingerprint density at radius 1 is 1.44 bits per heavy atom. The van der Waals surface area contributed by atoms with E-state index in [-0.39, 0.29) is 12.0 Å². The highest BCUT2D eigenvalue weighted by atomic mass is 79.9. The van der Waals surface area contributed by atoms with Gasteiger partial charge in [-0.2, -0.15) is 0 Å². The maximum absolute atomic E-state index is 11.8. The summed E-state index contributed by atoms with van der Waals surface area (Å²) in [5.41, 5.74) is 1.80. The summed E-state index contributed by atoms with van der Waals surface area (Å²) < 4.78 is 6.36. The molecule has 0 aliphatic heterocycles. The van der Waals surface area contributed by atoms with Crippen LogP contribution in [0.2, 0.25) is 0 Å². The smallest absolute Gasteiger partial charge is 0.251 e. The van der Waals surface area contributed by atoms with Crippen LogP contribution in [-0.4, -0.2) is 25.2 Å². The quantitative estimate of drug-likeness (QED) is 0.818. The number of hydrogen-bond donors (Lipinski definition) is 1. The number of halogens is 1. The minimum atomic E-state index is -0.0414. The van der Waals surface area contributed by atoms with Gasteiger partial charge in [-0.3, -0.25) is 4.79 Å². The van der Waals surface area contributed by atoms with Gasteiger partial charge in [0.05, 0.1) is 6.10 Å². The van der Waals surface area contributed by atoms with Gasteiger partial charge >= 0.3 is 0 Å². The lowest BCUT2D eigenvalue weighted by atomic mass is 10.1. The summed E-state index contributed by atoms with van der Waals surface area (Å²) in [6.45, 7) is 7.31. The van der Waals surface area contributed by atoms with Crippen molar-refractivity contribution in [2.75, 3.05) is 13.2 Å². The Labute approximate surface area is 117 Å². The number of nitrogens with one attached hydrogen (secondary N) is 1. The minimum Gasteiger partial charge on any atom is -0.379 e. The standard InChI is InChI=1S/C14H20BrNO2/c1-10(2)18-8-4-7-16-14(17)12-6-5-11(3)13(15)9-12/h5-6,9-10H,4,7-8H2,1-3H3,(H,16,17). The van der Waals surface area contributed by atoms with Crippen molar-refractivity contribution in [1.29, 1.82) is 0 Å². The zero-order valence-corrected chi connectivity index (χ0v) is 12.7. The van der Waals surface area contributed by atoms with Crippen LogP contribution in [0, 0.1) is 6.92 Å². The van der Waals surface area contributed by atoms with Gasteiger partial charge in [0.15, 0.2) is 0 Å². The van der Waals surface area contributed by atoms with E-state index in [1.165, 1.54) is 0 Å². The molecule has 1 aromatic carbocycles. The van der Waals surface area contributed by atoms with Crippen molar-refractivity contribution in [2.45, 2.75) is 33.3 Å². The van der Waals surface area contributed by atoms with Crippen LogP contribution in [0.1, 0.15) is 36.2 Å². The topological polar surface area (TPSA) is 38.3 Å². The molecule has 4 heteroatoms. The minimum absolute atomic E-state index is 0.0414. The fourth-order valence-corrected chi connectivity index (χ4v) is 1.81. The molecule has 0 atom stereocenters. The summed E-state index contributed by atoms with van der Waals surface area (Å²) >= 11 is 3.42. The molecule has 1 rings (SSSR count). The largest absolute Gasteiger partial charge is 0.379 e. The van der Waals surface area contributed by atoms with Crippen LogP contribution in [0.3, 0.4) is 0 Å². The summed E-state index contributed by atoms with van der Waals surface area (Å²) in [5.74, 6) is -0.0414. The number of carbonyl (C=O) groups is 1. The summed E-state index contributed by atoms with van der Waals surface area (Å²) in [4.78, 5) is 11.8. The zero-order chi connectivity index (χ0) is 13.5. The summed E-state index contributed by atoms with van der Waals surface area (Å²) in [7, 11) is 0.